The van der Waals surface area contributed by atoms with Crippen LogP contribution in [0.4, 0.5) is 0 Å². The predicted octanol–water partition coefficient (Wildman–Crippen LogP) is 0.354. The fraction of sp³-hybridized carbons (Fsp3) is 0.955. The minimum absolute atomic E-state index is 0.0438. The highest BCUT2D eigenvalue weighted by Gasteiger charge is 2.52. The van der Waals surface area contributed by atoms with Crippen LogP contribution in [0.5, 0.6) is 0 Å². The summed E-state index contributed by atoms with van der Waals surface area (Å²) < 4.78 is 21.9. The van der Waals surface area contributed by atoms with E-state index >= 15 is 0 Å². The van der Waals surface area contributed by atoms with Crippen LogP contribution in [0, 0.1) is 0 Å². The molecule has 0 aliphatic carbocycles. The molecular formula is C22H40O10. The van der Waals surface area contributed by atoms with Gasteiger partial charge in [0.2, 0.25) is 5.79 Å². The van der Waals surface area contributed by atoms with Gasteiger partial charge < -0.3 is 44.5 Å². The zero-order valence-corrected chi connectivity index (χ0v) is 18.9. The lowest BCUT2D eigenvalue weighted by Gasteiger charge is -2.41. The van der Waals surface area contributed by atoms with E-state index in [4.69, 9.17) is 18.9 Å². The molecule has 10 heteroatoms. The van der Waals surface area contributed by atoms with Crippen molar-refractivity contribution in [2.24, 2.45) is 0 Å². The Balaban J connectivity index is 1.77. The number of ether oxygens (including phenoxy) is 4. The molecule has 0 saturated carbocycles. The van der Waals surface area contributed by atoms with E-state index in [0.29, 0.717) is 0 Å². The minimum Gasteiger partial charge on any atom is -0.463 e. The Kier molecular flexibility index (Phi) is 11.8. The molecule has 5 N–H and O–H groups in total. The van der Waals surface area contributed by atoms with Gasteiger partial charge in [-0.15, -0.1) is 0 Å². The molecule has 0 amide bonds. The van der Waals surface area contributed by atoms with Crippen molar-refractivity contribution in [3.05, 3.63) is 0 Å². The summed E-state index contributed by atoms with van der Waals surface area (Å²) in [5, 5.41) is 49.7. The molecule has 32 heavy (non-hydrogen) atoms. The molecule has 2 saturated heterocycles. The first-order valence-electron chi connectivity index (χ1n) is 11.8. The van der Waals surface area contributed by atoms with Gasteiger partial charge in [0, 0.05) is 19.3 Å². The maximum absolute atomic E-state index is 12.0. The normalized spacial score (nSPS) is 35.2. The Labute approximate surface area is 189 Å². The lowest BCUT2D eigenvalue weighted by molar-refractivity contribution is -0.372. The second kappa shape index (κ2) is 13.8. The van der Waals surface area contributed by atoms with Crippen LogP contribution < -0.4 is 0 Å². The summed E-state index contributed by atoms with van der Waals surface area (Å²) in [6, 6.07) is 0. The molecule has 0 unspecified atom stereocenters. The number of rotatable bonds is 14. The second-order valence-corrected chi connectivity index (χ2v) is 8.73. The fourth-order valence-corrected chi connectivity index (χ4v) is 4.03. The summed E-state index contributed by atoms with van der Waals surface area (Å²) >= 11 is 0. The van der Waals surface area contributed by atoms with Crippen LogP contribution in [0.2, 0.25) is 0 Å². The molecule has 0 aromatic rings. The number of aliphatic hydroxyl groups excluding tert-OH is 5. The van der Waals surface area contributed by atoms with Crippen LogP contribution in [0.25, 0.3) is 0 Å². The molecule has 0 aromatic heterocycles. The highest BCUT2D eigenvalue weighted by molar-refractivity contribution is 5.69. The van der Waals surface area contributed by atoms with Crippen molar-refractivity contribution in [3.63, 3.8) is 0 Å². The molecule has 0 aromatic carbocycles. The standard InChI is InChI=1S/C22H40O10/c1-2-3-4-5-6-7-8-9-20(28)29-13-18-16(25)11-17(26)21(30-18)32-22(14-24)19(27)10-15(12-23)31-22/h15-19,21,23-27H,2-14H2,1H3/t15-,16-,17+,18+,19-,21+,22-/m0/s1. The third kappa shape index (κ3) is 7.88. The van der Waals surface area contributed by atoms with Crippen LogP contribution in [-0.2, 0) is 23.7 Å². The summed E-state index contributed by atoms with van der Waals surface area (Å²) in [5.41, 5.74) is 0. The van der Waals surface area contributed by atoms with E-state index in [9.17, 15) is 30.3 Å². The monoisotopic (exact) mass is 464 g/mol. The molecule has 2 aliphatic heterocycles. The quantitative estimate of drug-likeness (QED) is 0.180. The lowest BCUT2D eigenvalue weighted by Crippen LogP contribution is -2.56. The van der Waals surface area contributed by atoms with Gasteiger partial charge in [-0.2, -0.15) is 0 Å². The molecule has 7 atom stereocenters. The van der Waals surface area contributed by atoms with E-state index < -0.39 is 49.2 Å². The largest absolute Gasteiger partial charge is 0.463 e. The molecule has 188 valence electrons. The van der Waals surface area contributed by atoms with Gasteiger partial charge in [-0.3, -0.25) is 4.79 Å². The van der Waals surface area contributed by atoms with Gasteiger partial charge in [-0.05, 0) is 6.42 Å². The maximum Gasteiger partial charge on any atom is 0.305 e. The van der Waals surface area contributed by atoms with Gasteiger partial charge in [0.25, 0.3) is 0 Å². The summed E-state index contributed by atoms with van der Waals surface area (Å²) in [7, 11) is 0. The van der Waals surface area contributed by atoms with Crippen molar-refractivity contribution in [3.8, 4) is 0 Å². The average Bonchev–Trinajstić information content (AvgIpc) is 3.09. The molecule has 2 aliphatic rings. The Bertz CT molecular complexity index is 547. The van der Waals surface area contributed by atoms with E-state index in [-0.39, 0.29) is 38.4 Å². The van der Waals surface area contributed by atoms with Gasteiger partial charge in [-0.25, -0.2) is 0 Å². The van der Waals surface area contributed by atoms with Crippen LogP contribution in [0.1, 0.15) is 71.1 Å². The van der Waals surface area contributed by atoms with Gasteiger partial charge in [0.05, 0.1) is 18.8 Å². The van der Waals surface area contributed by atoms with Crippen LogP contribution >= 0.6 is 0 Å². The first kappa shape index (κ1) is 27.4. The van der Waals surface area contributed by atoms with E-state index in [0.717, 1.165) is 19.3 Å². The number of carbonyl (C=O) groups excluding carboxylic acids is 1. The molecule has 2 fully saturated rings. The lowest BCUT2D eigenvalue weighted by atomic mass is 10.0. The molecule has 0 bridgehead atoms. The number of unbranched alkanes of at least 4 members (excludes halogenated alkanes) is 6. The van der Waals surface area contributed by atoms with E-state index in [1.807, 2.05) is 0 Å². The summed E-state index contributed by atoms with van der Waals surface area (Å²) in [6.45, 7) is 0.864. The number of aliphatic hydroxyl groups is 5. The van der Waals surface area contributed by atoms with Crippen LogP contribution in [-0.4, -0.2) is 93.9 Å². The molecule has 10 nitrogen and oxygen atoms in total. The van der Waals surface area contributed by atoms with Crippen molar-refractivity contribution in [2.45, 2.75) is 114 Å². The Morgan fingerprint density at radius 1 is 1.00 bits per heavy atom. The smallest absolute Gasteiger partial charge is 0.305 e. The molecular weight excluding hydrogens is 424 g/mol. The summed E-state index contributed by atoms with van der Waals surface area (Å²) in [5.74, 6) is -2.25. The van der Waals surface area contributed by atoms with Crippen LogP contribution in [0.15, 0.2) is 0 Å². The van der Waals surface area contributed by atoms with Gasteiger partial charge in [0.15, 0.2) is 6.29 Å². The average molecular weight is 465 g/mol. The predicted molar refractivity (Wildman–Crippen MR) is 112 cm³/mol. The van der Waals surface area contributed by atoms with Crippen LogP contribution in [0.3, 0.4) is 0 Å². The van der Waals surface area contributed by atoms with Crippen molar-refractivity contribution < 1.29 is 49.3 Å². The van der Waals surface area contributed by atoms with E-state index in [1.165, 1.54) is 25.7 Å². The van der Waals surface area contributed by atoms with Crippen molar-refractivity contribution in [2.75, 3.05) is 19.8 Å². The second-order valence-electron chi connectivity index (χ2n) is 8.73. The number of hydrogen-bond acceptors (Lipinski definition) is 10. The molecule has 0 radical (unpaired) electrons. The zero-order chi connectivity index (χ0) is 23.6. The maximum atomic E-state index is 12.0. The zero-order valence-electron chi connectivity index (χ0n) is 18.9. The highest BCUT2D eigenvalue weighted by atomic mass is 16.8. The molecule has 2 rings (SSSR count). The Morgan fingerprint density at radius 3 is 2.31 bits per heavy atom. The first-order chi connectivity index (χ1) is 15.3. The SMILES string of the molecule is CCCCCCCCCC(=O)OC[C@H]1O[C@H](O[C@]2(CO)O[C@H](CO)C[C@@H]2O)[C@H](O)C[C@@H]1O. The highest BCUT2D eigenvalue weighted by Crippen LogP contribution is 2.35. The number of hydrogen-bond donors (Lipinski definition) is 5. The van der Waals surface area contributed by atoms with Gasteiger partial charge >= 0.3 is 5.97 Å². The van der Waals surface area contributed by atoms with E-state index in [2.05, 4.69) is 6.92 Å². The first-order valence-corrected chi connectivity index (χ1v) is 11.8. The van der Waals surface area contributed by atoms with Crippen molar-refractivity contribution in [1.29, 1.82) is 0 Å². The third-order valence-corrected chi connectivity index (χ3v) is 6.03. The summed E-state index contributed by atoms with van der Waals surface area (Å²) in [4.78, 5) is 12.0. The van der Waals surface area contributed by atoms with Gasteiger partial charge in [-0.1, -0.05) is 45.4 Å². The molecule has 2 heterocycles. The summed E-state index contributed by atoms with van der Waals surface area (Å²) in [6.07, 6.45) is 1.25. The minimum atomic E-state index is -1.86. The topological polar surface area (TPSA) is 155 Å². The van der Waals surface area contributed by atoms with Gasteiger partial charge in [0.1, 0.15) is 31.5 Å². The fourth-order valence-electron chi connectivity index (χ4n) is 4.03. The van der Waals surface area contributed by atoms with E-state index in [1.54, 1.807) is 0 Å². The van der Waals surface area contributed by atoms with Crippen molar-refractivity contribution in [1.82, 2.24) is 0 Å². The number of carbonyl (C=O) groups is 1. The van der Waals surface area contributed by atoms with Crippen molar-refractivity contribution >= 4 is 5.97 Å². The third-order valence-electron chi connectivity index (χ3n) is 6.03. The molecule has 0 spiro atoms. The Hall–Kier alpha value is -0.850. The Morgan fingerprint density at radius 2 is 1.69 bits per heavy atom. The number of esters is 1.